The Morgan fingerprint density at radius 3 is 2.56 bits per heavy atom. The van der Waals surface area contributed by atoms with E-state index in [2.05, 4.69) is 15.3 Å². The first kappa shape index (κ1) is 16.6. The zero-order chi connectivity index (χ0) is 17.6. The third kappa shape index (κ3) is 3.80. The van der Waals surface area contributed by atoms with Crippen LogP contribution >= 0.6 is 0 Å². The van der Waals surface area contributed by atoms with Crippen molar-refractivity contribution in [2.75, 3.05) is 5.32 Å². The third-order valence-electron chi connectivity index (χ3n) is 3.67. The second-order valence-electron chi connectivity index (χ2n) is 5.39. The molecule has 25 heavy (non-hydrogen) atoms. The minimum absolute atomic E-state index is 0.288. The van der Waals surface area contributed by atoms with Gasteiger partial charge in [-0.25, -0.2) is 4.79 Å². The number of aromatic nitrogens is 2. The molecule has 0 radical (unpaired) electrons. The Morgan fingerprint density at radius 2 is 1.80 bits per heavy atom. The maximum absolute atomic E-state index is 12.5. The molecule has 6 nitrogen and oxygen atoms in total. The van der Waals surface area contributed by atoms with E-state index in [0.717, 1.165) is 0 Å². The maximum atomic E-state index is 12.5. The Bertz CT molecular complexity index is 891. The molecule has 1 heterocycles. The molecule has 0 fully saturated rings. The number of hydrogen-bond donors (Lipinski definition) is 1. The SMILES string of the molecule is CCC(OC(=O)c1cccc2nccnc12)C(=O)Nc1ccccc1. The number of hydrogen-bond acceptors (Lipinski definition) is 5. The van der Waals surface area contributed by atoms with Crippen molar-refractivity contribution in [2.45, 2.75) is 19.4 Å². The van der Waals surface area contributed by atoms with Crippen molar-refractivity contribution in [3.05, 3.63) is 66.5 Å². The second kappa shape index (κ2) is 7.53. The molecule has 1 aromatic heterocycles. The average molecular weight is 335 g/mol. The summed E-state index contributed by atoms with van der Waals surface area (Å²) in [5.41, 5.74) is 1.99. The fourth-order valence-corrected chi connectivity index (χ4v) is 2.42. The summed E-state index contributed by atoms with van der Waals surface area (Å²) in [6.07, 6.45) is 2.54. The summed E-state index contributed by atoms with van der Waals surface area (Å²) in [7, 11) is 0. The fraction of sp³-hybridized carbons (Fsp3) is 0.158. The summed E-state index contributed by atoms with van der Waals surface area (Å²) in [5.74, 6) is -0.963. The smallest absolute Gasteiger partial charge is 0.341 e. The topological polar surface area (TPSA) is 81.2 Å². The standard InChI is InChI=1S/C19H17N3O3/c1-2-16(18(23)22-13-7-4-3-5-8-13)25-19(24)14-9-6-10-15-17(14)21-12-11-20-15/h3-12,16H,2H2,1H3,(H,22,23). The van der Waals surface area contributed by atoms with Gasteiger partial charge >= 0.3 is 5.97 Å². The van der Waals surface area contributed by atoms with Crippen molar-refractivity contribution in [1.29, 1.82) is 0 Å². The number of esters is 1. The lowest BCUT2D eigenvalue weighted by atomic mass is 10.1. The Kier molecular flexibility index (Phi) is 4.99. The number of benzene rings is 2. The molecule has 0 saturated carbocycles. The summed E-state index contributed by atoms with van der Waals surface area (Å²) in [6.45, 7) is 1.78. The Labute approximate surface area is 144 Å². The van der Waals surface area contributed by atoms with E-state index in [9.17, 15) is 9.59 Å². The summed E-state index contributed by atoms with van der Waals surface area (Å²) in [4.78, 5) is 33.2. The number of fused-ring (bicyclic) bond motifs is 1. The highest BCUT2D eigenvalue weighted by Crippen LogP contribution is 2.17. The molecule has 0 spiro atoms. The third-order valence-corrected chi connectivity index (χ3v) is 3.67. The van der Waals surface area contributed by atoms with Crippen molar-refractivity contribution in [2.24, 2.45) is 0 Å². The molecule has 3 aromatic rings. The van der Waals surface area contributed by atoms with Gasteiger partial charge in [-0.2, -0.15) is 0 Å². The van der Waals surface area contributed by atoms with Gasteiger partial charge < -0.3 is 10.1 Å². The predicted molar refractivity (Wildman–Crippen MR) is 94.1 cm³/mol. The average Bonchev–Trinajstić information content (AvgIpc) is 2.66. The molecular formula is C19H17N3O3. The van der Waals surface area contributed by atoms with Crippen LogP contribution in [0.1, 0.15) is 23.7 Å². The molecule has 0 aliphatic rings. The van der Waals surface area contributed by atoms with E-state index in [1.165, 1.54) is 6.20 Å². The number of ether oxygens (including phenoxy) is 1. The van der Waals surface area contributed by atoms with E-state index >= 15 is 0 Å². The van der Waals surface area contributed by atoms with E-state index < -0.39 is 12.1 Å². The molecule has 126 valence electrons. The number of anilines is 1. The first-order valence-electron chi connectivity index (χ1n) is 7.95. The summed E-state index contributed by atoms with van der Waals surface area (Å²) >= 11 is 0. The summed E-state index contributed by atoms with van der Waals surface area (Å²) in [5, 5.41) is 2.74. The highest BCUT2D eigenvalue weighted by Gasteiger charge is 2.23. The van der Waals surface area contributed by atoms with Gasteiger partial charge in [-0.3, -0.25) is 14.8 Å². The maximum Gasteiger partial charge on any atom is 0.341 e. The van der Waals surface area contributed by atoms with Crippen LogP contribution in [0, 0.1) is 0 Å². The predicted octanol–water partition coefficient (Wildman–Crippen LogP) is 3.20. The minimum atomic E-state index is -0.889. The number of nitrogens with zero attached hydrogens (tertiary/aromatic N) is 2. The molecule has 2 aromatic carbocycles. The Hall–Kier alpha value is -3.28. The monoisotopic (exact) mass is 335 g/mol. The van der Waals surface area contributed by atoms with Crippen molar-refractivity contribution in [3.63, 3.8) is 0 Å². The highest BCUT2D eigenvalue weighted by atomic mass is 16.5. The van der Waals surface area contributed by atoms with E-state index in [1.54, 1.807) is 43.5 Å². The largest absolute Gasteiger partial charge is 0.449 e. The minimum Gasteiger partial charge on any atom is -0.449 e. The zero-order valence-electron chi connectivity index (χ0n) is 13.7. The van der Waals surface area contributed by atoms with Crippen molar-refractivity contribution in [3.8, 4) is 0 Å². The molecule has 0 saturated heterocycles. The van der Waals surface area contributed by atoms with E-state index in [0.29, 0.717) is 23.1 Å². The molecule has 0 bridgehead atoms. The van der Waals surface area contributed by atoms with Crippen LogP contribution < -0.4 is 5.32 Å². The van der Waals surface area contributed by atoms with Gasteiger partial charge in [0.2, 0.25) is 0 Å². The molecule has 1 unspecified atom stereocenters. The molecule has 3 rings (SSSR count). The van der Waals surface area contributed by atoms with Crippen LogP contribution in [0.25, 0.3) is 11.0 Å². The van der Waals surface area contributed by atoms with Crippen LogP contribution in [0.5, 0.6) is 0 Å². The van der Waals surface area contributed by atoms with Crippen molar-refractivity contribution in [1.82, 2.24) is 9.97 Å². The highest BCUT2D eigenvalue weighted by molar-refractivity contribution is 6.03. The number of rotatable bonds is 5. The van der Waals surface area contributed by atoms with Crippen LogP contribution in [0.3, 0.4) is 0 Å². The fourth-order valence-electron chi connectivity index (χ4n) is 2.42. The lowest BCUT2D eigenvalue weighted by Gasteiger charge is -2.16. The molecule has 1 N–H and O–H groups in total. The number of para-hydroxylation sites is 2. The van der Waals surface area contributed by atoms with Crippen molar-refractivity contribution >= 4 is 28.6 Å². The van der Waals surface area contributed by atoms with Gasteiger partial charge in [0.1, 0.15) is 5.52 Å². The van der Waals surface area contributed by atoms with E-state index in [-0.39, 0.29) is 11.5 Å². The molecule has 6 heteroatoms. The van der Waals surface area contributed by atoms with Gasteiger partial charge in [0.25, 0.3) is 5.91 Å². The summed E-state index contributed by atoms with van der Waals surface area (Å²) in [6, 6.07) is 14.1. The molecule has 0 aliphatic carbocycles. The number of carbonyl (C=O) groups excluding carboxylic acids is 2. The van der Waals surface area contributed by atoms with Gasteiger partial charge in [-0.15, -0.1) is 0 Å². The van der Waals surface area contributed by atoms with Gasteiger partial charge in [-0.1, -0.05) is 31.2 Å². The first-order chi connectivity index (χ1) is 12.2. The van der Waals surface area contributed by atoms with Crippen LogP contribution in [0.2, 0.25) is 0 Å². The van der Waals surface area contributed by atoms with Gasteiger partial charge in [-0.05, 0) is 30.7 Å². The molecular weight excluding hydrogens is 318 g/mol. The first-order valence-corrected chi connectivity index (χ1v) is 7.95. The Balaban J connectivity index is 1.76. The zero-order valence-corrected chi connectivity index (χ0v) is 13.7. The lowest BCUT2D eigenvalue weighted by molar-refractivity contribution is -0.124. The number of carbonyl (C=O) groups is 2. The number of amides is 1. The van der Waals surface area contributed by atoms with Gasteiger partial charge in [0.05, 0.1) is 11.1 Å². The van der Waals surface area contributed by atoms with E-state index in [4.69, 9.17) is 4.74 Å². The summed E-state index contributed by atoms with van der Waals surface area (Å²) < 4.78 is 5.41. The Morgan fingerprint density at radius 1 is 1.04 bits per heavy atom. The normalized spacial score (nSPS) is 11.7. The molecule has 0 aliphatic heterocycles. The lowest BCUT2D eigenvalue weighted by Crippen LogP contribution is -2.32. The van der Waals surface area contributed by atoms with Gasteiger partial charge in [0.15, 0.2) is 6.10 Å². The molecule has 1 atom stereocenters. The van der Waals surface area contributed by atoms with Crippen LogP contribution in [-0.4, -0.2) is 27.9 Å². The van der Waals surface area contributed by atoms with Crippen LogP contribution in [-0.2, 0) is 9.53 Å². The molecule has 1 amide bonds. The van der Waals surface area contributed by atoms with Crippen LogP contribution in [0.15, 0.2) is 60.9 Å². The van der Waals surface area contributed by atoms with Crippen LogP contribution in [0.4, 0.5) is 5.69 Å². The number of nitrogens with one attached hydrogen (secondary N) is 1. The quantitative estimate of drug-likeness (QED) is 0.724. The van der Waals surface area contributed by atoms with Gasteiger partial charge in [0, 0.05) is 18.1 Å². The van der Waals surface area contributed by atoms with E-state index in [1.807, 2.05) is 18.2 Å². The van der Waals surface area contributed by atoms with Crippen molar-refractivity contribution < 1.29 is 14.3 Å². The second-order valence-corrected chi connectivity index (χ2v) is 5.39.